The lowest BCUT2D eigenvalue weighted by molar-refractivity contribution is -0.169. The number of carbonyl (C=O) groups is 1. The van der Waals surface area contributed by atoms with E-state index in [-0.39, 0.29) is 5.91 Å². The largest absolute Gasteiger partial charge is 0.371 e. The molecule has 1 aromatic carbocycles. The topological polar surface area (TPSA) is 63.7 Å². The van der Waals surface area contributed by atoms with Crippen LogP contribution in [0.3, 0.4) is 0 Å². The first-order chi connectivity index (χ1) is 14.1. The summed E-state index contributed by atoms with van der Waals surface area (Å²) in [5, 5.41) is 3.11. The Balaban J connectivity index is 1.49. The van der Waals surface area contributed by atoms with E-state index in [1.165, 1.54) is 0 Å². The number of hydrogen-bond acceptors (Lipinski definition) is 5. The lowest BCUT2D eigenvalue weighted by Crippen LogP contribution is -2.45. The third kappa shape index (κ3) is 4.14. The molecule has 4 rings (SSSR count). The summed E-state index contributed by atoms with van der Waals surface area (Å²) in [6, 6.07) is 10.0. The summed E-state index contributed by atoms with van der Waals surface area (Å²) in [6.45, 7) is 7.24. The van der Waals surface area contributed by atoms with E-state index < -0.39 is 5.79 Å². The number of hydrogen-bond donors (Lipinski definition) is 1. The van der Waals surface area contributed by atoms with Gasteiger partial charge in [0.05, 0.1) is 13.2 Å². The molecule has 6 heteroatoms. The number of carbonyl (C=O) groups excluding carboxylic acids is 1. The summed E-state index contributed by atoms with van der Waals surface area (Å²) in [7, 11) is 0. The normalized spacial score (nSPS) is 18.2. The molecule has 0 atom stereocenters. The first-order valence-electron chi connectivity index (χ1n) is 10.5. The Hall–Kier alpha value is -2.44. The Morgan fingerprint density at radius 2 is 1.76 bits per heavy atom. The van der Waals surface area contributed by atoms with Crippen LogP contribution in [-0.4, -0.2) is 43.0 Å². The van der Waals surface area contributed by atoms with Crippen LogP contribution in [0.5, 0.6) is 0 Å². The van der Waals surface area contributed by atoms with E-state index in [1.54, 1.807) is 6.20 Å². The fourth-order valence-corrected chi connectivity index (χ4v) is 4.21. The second-order valence-corrected chi connectivity index (χ2v) is 7.61. The summed E-state index contributed by atoms with van der Waals surface area (Å²) >= 11 is 0. The van der Waals surface area contributed by atoms with Gasteiger partial charge in [-0.05, 0) is 36.1 Å². The predicted octanol–water partition coefficient (Wildman–Crippen LogP) is 3.80. The number of piperidine rings is 1. The number of benzene rings is 1. The molecule has 0 saturated carbocycles. The van der Waals surface area contributed by atoms with Crippen LogP contribution >= 0.6 is 0 Å². The van der Waals surface area contributed by atoms with E-state index in [2.05, 4.69) is 41.2 Å². The van der Waals surface area contributed by atoms with Crippen molar-refractivity contribution in [1.82, 2.24) is 4.98 Å². The zero-order valence-electron chi connectivity index (χ0n) is 17.2. The molecule has 1 spiro atoms. The predicted molar refractivity (Wildman–Crippen MR) is 113 cm³/mol. The van der Waals surface area contributed by atoms with Crippen molar-refractivity contribution in [2.75, 3.05) is 36.5 Å². The van der Waals surface area contributed by atoms with Gasteiger partial charge >= 0.3 is 0 Å². The number of aryl methyl sites for hydroxylation is 2. The van der Waals surface area contributed by atoms with Crippen LogP contribution < -0.4 is 10.2 Å². The van der Waals surface area contributed by atoms with Gasteiger partial charge in [-0.3, -0.25) is 9.78 Å². The number of amides is 1. The highest BCUT2D eigenvalue weighted by atomic mass is 16.7. The van der Waals surface area contributed by atoms with E-state index in [4.69, 9.17) is 9.47 Å². The SMILES string of the molecule is CCc1cccc(CC)c1NC(=O)c1cc(N2CCC3(CC2)OCCO3)ccn1. The van der Waals surface area contributed by atoms with Gasteiger partial charge in [0.1, 0.15) is 5.69 Å². The van der Waals surface area contributed by atoms with Gasteiger partial charge in [0.15, 0.2) is 5.79 Å². The third-order valence-corrected chi connectivity index (χ3v) is 5.92. The molecule has 2 aromatic rings. The Labute approximate surface area is 172 Å². The highest BCUT2D eigenvalue weighted by Gasteiger charge is 2.39. The van der Waals surface area contributed by atoms with Crippen LogP contribution in [0.1, 0.15) is 48.3 Å². The minimum atomic E-state index is -0.399. The standard InChI is InChI=1S/C23H29N3O3/c1-3-17-6-5-7-18(4-2)21(17)25-22(27)20-16-19(8-11-24-20)26-12-9-23(10-13-26)28-14-15-29-23/h5-8,11,16H,3-4,9-10,12-15H2,1-2H3,(H,25,27). The fourth-order valence-electron chi connectivity index (χ4n) is 4.21. The zero-order chi connectivity index (χ0) is 20.3. The second kappa shape index (κ2) is 8.51. The molecule has 2 saturated heterocycles. The summed E-state index contributed by atoms with van der Waals surface area (Å²) in [5.74, 6) is -0.567. The Bertz CT molecular complexity index is 845. The van der Waals surface area contributed by atoms with Crippen molar-refractivity contribution in [3.8, 4) is 0 Å². The number of aromatic nitrogens is 1. The summed E-state index contributed by atoms with van der Waals surface area (Å²) < 4.78 is 11.6. The van der Waals surface area contributed by atoms with Crippen LogP contribution in [0.15, 0.2) is 36.5 Å². The van der Waals surface area contributed by atoms with Gasteiger partial charge in [-0.15, -0.1) is 0 Å². The molecule has 0 unspecified atom stereocenters. The Kier molecular flexibility index (Phi) is 5.83. The molecular weight excluding hydrogens is 366 g/mol. The average Bonchev–Trinajstić information content (AvgIpc) is 3.22. The maximum atomic E-state index is 13.0. The van der Waals surface area contributed by atoms with Gasteiger partial charge in [0.25, 0.3) is 5.91 Å². The number of nitrogens with one attached hydrogen (secondary N) is 1. The molecule has 1 amide bonds. The lowest BCUT2D eigenvalue weighted by atomic mass is 10.0. The minimum Gasteiger partial charge on any atom is -0.371 e. The van der Waals surface area contributed by atoms with E-state index >= 15 is 0 Å². The zero-order valence-corrected chi connectivity index (χ0v) is 17.2. The molecule has 0 aliphatic carbocycles. The quantitative estimate of drug-likeness (QED) is 0.834. The molecular formula is C23H29N3O3. The smallest absolute Gasteiger partial charge is 0.274 e. The monoisotopic (exact) mass is 395 g/mol. The van der Waals surface area contributed by atoms with E-state index in [0.29, 0.717) is 18.9 Å². The van der Waals surface area contributed by atoms with Crippen LogP contribution in [-0.2, 0) is 22.3 Å². The Morgan fingerprint density at radius 3 is 2.38 bits per heavy atom. The Morgan fingerprint density at radius 1 is 1.10 bits per heavy atom. The molecule has 3 heterocycles. The van der Waals surface area contributed by atoms with Gasteiger partial charge in [0.2, 0.25) is 0 Å². The van der Waals surface area contributed by atoms with E-state index in [9.17, 15) is 4.79 Å². The molecule has 0 radical (unpaired) electrons. The first kappa shape index (κ1) is 19.9. The van der Waals surface area contributed by atoms with Crippen LogP contribution in [0.2, 0.25) is 0 Å². The number of anilines is 2. The number of nitrogens with zero attached hydrogens (tertiary/aromatic N) is 2. The van der Waals surface area contributed by atoms with Crippen molar-refractivity contribution < 1.29 is 14.3 Å². The van der Waals surface area contributed by atoms with Crippen molar-refractivity contribution in [3.63, 3.8) is 0 Å². The molecule has 1 N–H and O–H groups in total. The molecule has 1 aromatic heterocycles. The van der Waals surface area contributed by atoms with Gasteiger partial charge < -0.3 is 19.7 Å². The first-order valence-corrected chi connectivity index (χ1v) is 10.5. The molecule has 2 fully saturated rings. The van der Waals surface area contributed by atoms with E-state index in [1.807, 2.05) is 18.2 Å². The van der Waals surface area contributed by atoms with Crippen molar-refractivity contribution >= 4 is 17.3 Å². The lowest BCUT2D eigenvalue weighted by Gasteiger charge is -2.38. The third-order valence-electron chi connectivity index (χ3n) is 5.92. The highest BCUT2D eigenvalue weighted by molar-refractivity contribution is 6.04. The van der Waals surface area contributed by atoms with Gasteiger partial charge in [-0.1, -0.05) is 32.0 Å². The minimum absolute atomic E-state index is 0.168. The van der Waals surface area contributed by atoms with Gasteiger partial charge in [-0.2, -0.15) is 0 Å². The molecule has 2 aliphatic rings. The summed E-state index contributed by atoms with van der Waals surface area (Å²) in [4.78, 5) is 19.6. The van der Waals surface area contributed by atoms with Crippen LogP contribution in [0.4, 0.5) is 11.4 Å². The maximum absolute atomic E-state index is 13.0. The van der Waals surface area contributed by atoms with Crippen molar-refractivity contribution in [2.24, 2.45) is 0 Å². The number of para-hydroxylation sites is 1. The van der Waals surface area contributed by atoms with Crippen molar-refractivity contribution in [1.29, 1.82) is 0 Å². The van der Waals surface area contributed by atoms with Crippen LogP contribution in [0.25, 0.3) is 0 Å². The van der Waals surface area contributed by atoms with Crippen molar-refractivity contribution in [2.45, 2.75) is 45.3 Å². The average molecular weight is 396 g/mol. The molecule has 2 aliphatic heterocycles. The molecule has 0 bridgehead atoms. The second-order valence-electron chi connectivity index (χ2n) is 7.61. The fraction of sp³-hybridized carbons (Fsp3) is 0.478. The number of pyridine rings is 1. The summed E-state index contributed by atoms with van der Waals surface area (Å²) in [6.07, 6.45) is 5.12. The number of ether oxygens (including phenoxy) is 2. The maximum Gasteiger partial charge on any atom is 0.274 e. The number of rotatable bonds is 5. The van der Waals surface area contributed by atoms with Gasteiger partial charge in [0, 0.05) is 43.5 Å². The molecule has 154 valence electrons. The highest BCUT2D eigenvalue weighted by Crippen LogP contribution is 2.33. The summed E-state index contributed by atoms with van der Waals surface area (Å²) in [5.41, 5.74) is 4.66. The van der Waals surface area contributed by atoms with E-state index in [0.717, 1.165) is 61.3 Å². The van der Waals surface area contributed by atoms with Crippen LogP contribution in [0, 0.1) is 0 Å². The molecule has 6 nitrogen and oxygen atoms in total. The molecule has 29 heavy (non-hydrogen) atoms. The van der Waals surface area contributed by atoms with Crippen molar-refractivity contribution in [3.05, 3.63) is 53.3 Å². The van der Waals surface area contributed by atoms with Gasteiger partial charge in [-0.25, -0.2) is 0 Å².